The number of aryl methyl sites for hydroxylation is 2. The fourth-order valence-corrected chi connectivity index (χ4v) is 4.04. The van der Waals surface area contributed by atoms with Crippen molar-refractivity contribution in [2.45, 2.75) is 64.0 Å². The Balaban J connectivity index is 1.77. The molecular weight excluding hydrogens is 248 g/mol. The lowest BCUT2D eigenvalue weighted by molar-refractivity contribution is -0.0964. The number of hydrogen-bond donors (Lipinski definition) is 1. The molecule has 3 heteroatoms. The van der Waals surface area contributed by atoms with Crippen LogP contribution in [0.3, 0.4) is 0 Å². The van der Waals surface area contributed by atoms with Crippen molar-refractivity contribution in [3.8, 4) is 0 Å². The molecule has 3 rings (SSSR count). The molecule has 3 nitrogen and oxygen atoms in total. The van der Waals surface area contributed by atoms with Gasteiger partial charge in [-0.2, -0.15) is 0 Å². The SMILES string of the molecule is Cc1ccc(C(N)C2CCOC3(CCCC3)C2)c(C)n1. The van der Waals surface area contributed by atoms with E-state index in [2.05, 4.69) is 24.0 Å². The highest BCUT2D eigenvalue weighted by molar-refractivity contribution is 5.25. The normalized spacial score (nSPS) is 26.9. The topological polar surface area (TPSA) is 48.1 Å². The Morgan fingerprint density at radius 2 is 2.05 bits per heavy atom. The van der Waals surface area contributed by atoms with Gasteiger partial charge in [-0.1, -0.05) is 18.9 Å². The van der Waals surface area contributed by atoms with Gasteiger partial charge in [0.1, 0.15) is 0 Å². The molecule has 1 aromatic heterocycles. The minimum absolute atomic E-state index is 0.101. The zero-order valence-electron chi connectivity index (χ0n) is 12.7. The minimum atomic E-state index is 0.101. The van der Waals surface area contributed by atoms with Crippen LogP contribution in [-0.2, 0) is 4.74 Å². The van der Waals surface area contributed by atoms with Gasteiger partial charge < -0.3 is 10.5 Å². The molecule has 1 spiro atoms. The first kappa shape index (κ1) is 14.0. The van der Waals surface area contributed by atoms with Gasteiger partial charge in [0, 0.05) is 24.0 Å². The molecule has 0 aromatic carbocycles. The van der Waals surface area contributed by atoms with Crippen molar-refractivity contribution in [1.82, 2.24) is 4.98 Å². The first-order chi connectivity index (χ1) is 9.60. The molecule has 1 saturated heterocycles. The fourth-order valence-electron chi connectivity index (χ4n) is 4.04. The van der Waals surface area contributed by atoms with Gasteiger partial charge in [-0.3, -0.25) is 4.98 Å². The number of nitrogens with zero attached hydrogens (tertiary/aromatic N) is 1. The largest absolute Gasteiger partial charge is 0.375 e. The number of rotatable bonds is 2. The smallest absolute Gasteiger partial charge is 0.0685 e. The highest BCUT2D eigenvalue weighted by Crippen LogP contribution is 2.44. The molecule has 2 unspecified atom stereocenters. The third-order valence-corrected chi connectivity index (χ3v) is 5.18. The number of aromatic nitrogens is 1. The predicted molar refractivity (Wildman–Crippen MR) is 80.5 cm³/mol. The maximum absolute atomic E-state index is 6.58. The van der Waals surface area contributed by atoms with Gasteiger partial charge in [-0.05, 0) is 57.1 Å². The Morgan fingerprint density at radius 3 is 2.75 bits per heavy atom. The first-order valence-corrected chi connectivity index (χ1v) is 7.93. The zero-order valence-corrected chi connectivity index (χ0v) is 12.7. The number of ether oxygens (including phenoxy) is 1. The van der Waals surface area contributed by atoms with Crippen LogP contribution in [0.5, 0.6) is 0 Å². The molecule has 2 N–H and O–H groups in total. The van der Waals surface area contributed by atoms with Crippen LogP contribution in [0.2, 0.25) is 0 Å². The third-order valence-electron chi connectivity index (χ3n) is 5.18. The molecule has 20 heavy (non-hydrogen) atoms. The van der Waals surface area contributed by atoms with E-state index in [0.717, 1.165) is 30.8 Å². The molecule has 0 amide bonds. The van der Waals surface area contributed by atoms with Gasteiger partial charge >= 0.3 is 0 Å². The van der Waals surface area contributed by atoms with Gasteiger partial charge in [0.25, 0.3) is 0 Å². The van der Waals surface area contributed by atoms with Crippen molar-refractivity contribution in [2.75, 3.05) is 6.61 Å². The molecule has 0 bridgehead atoms. The lowest BCUT2D eigenvalue weighted by Crippen LogP contribution is -2.40. The fraction of sp³-hybridized carbons (Fsp3) is 0.706. The molecule has 2 atom stereocenters. The number of hydrogen-bond acceptors (Lipinski definition) is 3. The summed E-state index contributed by atoms with van der Waals surface area (Å²) in [6.45, 7) is 4.98. The van der Waals surface area contributed by atoms with Crippen molar-refractivity contribution < 1.29 is 4.74 Å². The predicted octanol–water partition coefficient (Wildman–Crippen LogP) is 3.44. The molecule has 2 fully saturated rings. The Hall–Kier alpha value is -0.930. The second kappa shape index (κ2) is 5.45. The first-order valence-electron chi connectivity index (χ1n) is 7.93. The highest BCUT2D eigenvalue weighted by atomic mass is 16.5. The Morgan fingerprint density at radius 1 is 1.30 bits per heavy atom. The summed E-state index contributed by atoms with van der Waals surface area (Å²) in [5.41, 5.74) is 10.1. The summed E-state index contributed by atoms with van der Waals surface area (Å²) in [6.07, 6.45) is 7.28. The van der Waals surface area contributed by atoms with Crippen LogP contribution in [-0.4, -0.2) is 17.2 Å². The molecular formula is C17H26N2O. The van der Waals surface area contributed by atoms with Crippen molar-refractivity contribution in [2.24, 2.45) is 11.7 Å². The van der Waals surface area contributed by atoms with E-state index in [-0.39, 0.29) is 11.6 Å². The number of nitrogens with two attached hydrogens (primary N) is 1. The summed E-state index contributed by atoms with van der Waals surface area (Å²) in [7, 11) is 0. The maximum atomic E-state index is 6.58. The second-order valence-corrected chi connectivity index (χ2v) is 6.64. The molecule has 1 aliphatic heterocycles. The van der Waals surface area contributed by atoms with Crippen LogP contribution in [0.25, 0.3) is 0 Å². The zero-order chi connectivity index (χ0) is 14.2. The van der Waals surface area contributed by atoms with E-state index in [0.29, 0.717) is 5.92 Å². The van der Waals surface area contributed by atoms with Crippen molar-refractivity contribution in [3.63, 3.8) is 0 Å². The van der Waals surface area contributed by atoms with Crippen LogP contribution in [0.1, 0.15) is 61.5 Å². The monoisotopic (exact) mass is 274 g/mol. The molecule has 1 aliphatic carbocycles. The number of pyridine rings is 1. The van der Waals surface area contributed by atoms with Crippen LogP contribution in [0.4, 0.5) is 0 Å². The summed E-state index contributed by atoms with van der Waals surface area (Å²) in [5, 5.41) is 0. The van der Waals surface area contributed by atoms with Crippen LogP contribution >= 0.6 is 0 Å². The van der Waals surface area contributed by atoms with E-state index >= 15 is 0 Å². The third kappa shape index (κ3) is 2.61. The summed E-state index contributed by atoms with van der Waals surface area (Å²) >= 11 is 0. The highest BCUT2D eigenvalue weighted by Gasteiger charge is 2.41. The van der Waals surface area contributed by atoms with E-state index in [1.807, 2.05) is 6.92 Å². The summed E-state index contributed by atoms with van der Waals surface area (Å²) < 4.78 is 6.12. The lowest BCUT2D eigenvalue weighted by atomic mass is 9.78. The lowest BCUT2D eigenvalue weighted by Gasteiger charge is -2.40. The van der Waals surface area contributed by atoms with E-state index in [1.54, 1.807) is 0 Å². The van der Waals surface area contributed by atoms with Gasteiger partial charge in [0.05, 0.1) is 5.60 Å². The van der Waals surface area contributed by atoms with Crippen molar-refractivity contribution >= 4 is 0 Å². The molecule has 0 radical (unpaired) electrons. The van der Waals surface area contributed by atoms with E-state index in [1.165, 1.54) is 31.2 Å². The molecule has 2 heterocycles. The van der Waals surface area contributed by atoms with Gasteiger partial charge in [0.15, 0.2) is 0 Å². The van der Waals surface area contributed by atoms with Gasteiger partial charge in [-0.15, -0.1) is 0 Å². The van der Waals surface area contributed by atoms with Gasteiger partial charge in [-0.25, -0.2) is 0 Å². The van der Waals surface area contributed by atoms with E-state index in [4.69, 9.17) is 10.5 Å². The Kier molecular flexibility index (Phi) is 3.83. The van der Waals surface area contributed by atoms with Crippen LogP contribution in [0, 0.1) is 19.8 Å². The van der Waals surface area contributed by atoms with Crippen molar-refractivity contribution in [1.29, 1.82) is 0 Å². The summed E-state index contributed by atoms with van der Waals surface area (Å²) in [6, 6.07) is 4.34. The quantitative estimate of drug-likeness (QED) is 0.898. The van der Waals surface area contributed by atoms with E-state index in [9.17, 15) is 0 Å². The Bertz CT molecular complexity index is 480. The second-order valence-electron chi connectivity index (χ2n) is 6.64. The van der Waals surface area contributed by atoms with Crippen LogP contribution in [0.15, 0.2) is 12.1 Å². The molecule has 2 aliphatic rings. The molecule has 1 saturated carbocycles. The average molecular weight is 274 g/mol. The van der Waals surface area contributed by atoms with Crippen LogP contribution < -0.4 is 5.73 Å². The summed E-state index contributed by atoms with van der Waals surface area (Å²) in [5.74, 6) is 0.532. The molecule has 1 aromatic rings. The maximum Gasteiger partial charge on any atom is 0.0685 e. The van der Waals surface area contributed by atoms with E-state index < -0.39 is 0 Å². The van der Waals surface area contributed by atoms with Gasteiger partial charge in [0.2, 0.25) is 0 Å². The molecule has 110 valence electrons. The Labute approximate surface area is 121 Å². The minimum Gasteiger partial charge on any atom is -0.375 e. The van der Waals surface area contributed by atoms with Crippen molar-refractivity contribution in [3.05, 3.63) is 29.1 Å². The summed E-state index contributed by atoms with van der Waals surface area (Å²) in [4.78, 5) is 4.57. The average Bonchev–Trinajstić information content (AvgIpc) is 2.86. The standard InChI is InChI=1S/C17H26N2O/c1-12-5-6-15(13(2)19-12)16(18)14-7-10-20-17(11-14)8-3-4-9-17/h5-6,14,16H,3-4,7-11,18H2,1-2H3.